The first-order valence-corrected chi connectivity index (χ1v) is 5.36. The van der Waals surface area contributed by atoms with Crippen LogP contribution in [0.25, 0.3) is 0 Å². The second-order valence-corrected chi connectivity index (χ2v) is 3.76. The molecule has 0 aromatic heterocycles. The summed E-state index contributed by atoms with van der Waals surface area (Å²) in [6, 6.07) is 16.1. The Morgan fingerprint density at radius 1 is 1.11 bits per heavy atom. The molecule has 2 aromatic carbocycles. The minimum atomic E-state index is -0.451. The van der Waals surface area contributed by atoms with Gasteiger partial charge in [0, 0.05) is 16.9 Å². The van der Waals surface area contributed by atoms with Crippen LogP contribution in [0.4, 0.5) is 11.4 Å². The fourth-order valence-electron chi connectivity index (χ4n) is 1.55. The summed E-state index contributed by atoms with van der Waals surface area (Å²) < 4.78 is 0. The van der Waals surface area contributed by atoms with Crippen molar-refractivity contribution < 1.29 is 4.79 Å². The Morgan fingerprint density at radius 2 is 1.83 bits per heavy atom. The van der Waals surface area contributed by atoms with E-state index in [1.165, 1.54) is 0 Å². The smallest absolute Gasteiger partial charge is 0.248 e. The topological polar surface area (TPSA) is 78.9 Å². The molecular formula is C14H11N3O. The lowest BCUT2D eigenvalue weighted by Gasteiger charge is -2.06. The summed E-state index contributed by atoms with van der Waals surface area (Å²) in [5.41, 5.74) is 7.86. The van der Waals surface area contributed by atoms with Crippen LogP contribution in [0.1, 0.15) is 15.9 Å². The highest BCUT2D eigenvalue weighted by molar-refractivity contribution is 5.93. The predicted octanol–water partition coefficient (Wildman–Crippen LogP) is 2.40. The van der Waals surface area contributed by atoms with Gasteiger partial charge in [-0.1, -0.05) is 6.07 Å². The molecule has 2 rings (SSSR count). The standard InChI is InChI=1S/C14H11N3O/c15-9-10-2-1-3-13(8-10)17-12-6-4-11(5-7-12)14(16)18/h1-8,17H,(H2,16,18). The van der Waals surface area contributed by atoms with Crippen LogP contribution in [0.3, 0.4) is 0 Å². The van der Waals surface area contributed by atoms with Gasteiger partial charge in [0.25, 0.3) is 0 Å². The Labute approximate surface area is 105 Å². The van der Waals surface area contributed by atoms with Gasteiger partial charge in [0.05, 0.1) is 11.6 Å². The van der Waals surface area contributed by atoms with Gasteiger partial charge < -0.3 is 11.1 Å². The lowest BCUT2D eigenvalue weighted by Crippen LogP contribution is -2.10. The fourth-order valence-corrected chi connectivity index (χ4v) is 1.55. The summed E-state index contributed by atoms with van der Waals surface area (Å²) in [5, 5.41) is 11.9. The summed E-state index contributed by atoms with van der Waals surface area (Å²) >= 11 is 0. The van der Waals surface area contributed by atoms with Crippen LogP contribution in [0.5, 0.6) is 0 Å². The van der Waals surface area contributed by atoms with Crippen LogP contribution in [0.15, 0.2) is 48.5 Å². The van der Waals surface area contributed by atoms with E-state index in [1.807, 2.05) is 6.07 Å². The van der Waals surface area contributed by atoms with Crippen molar-refractivity contribution in [2.24, 2.45) is 5.73 Å². The normalized spacial score (nSPS) is 9.50. The molecule has 0 aliphatic heterocycles. The van der Waals surface area contributed by atoms with E-state index >= 15 is 0 Å². The van der Waals surface area contributed by atoms with Crippen molar-refractivity contribution in [3.63, 3.8) is 0 Å². The molecule has 0 aliphatic rings. The molecule has 0 saturated heterocycles. The molecule has 0 aliphatic carbocycles. The lowest BCUT2D eigenvalue weighted by molar-refractivity contribution is 0.100. The quantitative estimate of drug-likeness (QED) is 0.860. The number of rotatable bonds is 3. The predicted molar refractivity (Wildman–Crippen MR) is 69.4 cm³/mol. The fraction of sp³-hybridized carbons (Fsp3) is 0. The molecule has 4 heteroatoms. The number of nitrogens with one attached hydrogen (secondary N) is 1. The molecule has 88 valence electrons. The third-order valence-corrected chi connectivity index (χ3v) is 2.45. The van der Waals surface area contributed by atoms with Crippen LogP contribution in [0, 0.1) is 11.3 Å². The Bertz CT molecular complexity index is 612. The number of hydrogen-bond acceptors (Lipinski definition) is 3. The van der Waals surface area contributed by atoms with Crippen molar-refractivity contribution >= 4 is 17.3 Å². The van der Waals surface area contributed by atoms with E-state index in [2.05, 4.69) is 11.4 Å². The van der Waals surface area contributed by atoms with Crippen LogP contribution >= 0.6 is 0 Å². The zero-order chi connectivity index (χ0) is 13.0. The Kier molecular flexibility index (Phi) is 3.26. The molecule has 1 amide bonds. The monoisotopic (exact) mass is 237 g/mol. The number of benzene rings is 2. The number of amides is 1. The number of nitrogens with zero attached hydrogens (tertiary/aromatic N) is 1. The minimum Gasteiger partial charge on any atom is -0.366 e. The van der Waals surface area contributed by atoms with Gasteiger partial charge in [0.2, 0.25) is 5.91 Å². The second-order valence-electron chi connectivity index (χ2n) is 3.76. The maximum absolute atomic E-state index is 10.9. The highest BCUT2D eigenvalue weighted by atomic mass is 16.1. The Balaban J connectivity index is 2.18. The molecule has 3 N–H and O–H groups in total. The first kappa shape index (κ1) is 11.7. The number of nitriles is 1. The van der Waals surface area contributed by atoms with E-state index in [0.717, 1.165) is 11.4 Å². The van der Waals surface area contributed by atoms with Crippen molar-refractivity contribution in [2.45, 2.75) is 0 Å². The molecule has 0 bridgehead atoms. The number of primary amides is 1. The molecule has 0 saturated carbocycles. The van der Waals surface area contributed by atoms with E-state index in [0.29, 0.717) is 11.1 Å². The van der Waals surface area contributed by atoms with Crippen LogP contribution in [-0.2, 0) is 0 Å². The van der Waals surface area contributed by atoms with Gasteiger partial charge in [0.1, 0.15) is 0 Å². The molecule has 0 unspecified atom stereocenters. The Hall–Kier alpha value is -2.80. The van der Waals surface area contributed by atoms with Crippen molar-refractivity contribution in [2.75, 3.05) is 5.32 Å². The van der Waals surface area contributed by atoms with Crippen molar-refractivity contribution in [1.29, 1.82) is 5.26 Å². The molecule has 0 heterocycles. The minimum absolute atomic E-state index is 0.451. The summed E-state index contributed by atoms with van der Waals surface area (Å²) in [6.07, 6.45) is 0. The average Bonchev–Trinajstić information content (AvgIpc) is 2.39. The van der Waals surface area contributed by atoms with Gasteiger partial charge in [0.15, 0.2) is 0 Å². The number of hydrogen-bond donors (Lipinski definition) is 2. The van der Waals surface area contributed by atoms with Crippen LogP contribution < -0.4 is 11.1 Å². The molecule has 0 fully saturated rings. The van der Waals surface area contributed by atoms with Gasteiger partial charge in [-0.05, 0) is 42.5 Å². The van der Waals surface area contributed by atoms with E-state index in [1.54, 1.807) is 42.5 Å². The summed E-state index contributed by atoms with van der Waals surface area (Å²) in [4.78, 5) is 10.9. The SMILES string of the molecule is N#Cc1cccc(Nc2ccc(C(N)=O)cc2)c1. The molecule has 0 radical (unpaired) electrons. The van der Waals surface area contributed by atoms with Gasteiger partial charge in [-0.15, -0.1) is 0 Å². The lowest BCUT2D eigenvalue weighted by atomic mass is 10.2. The van der Waals surface area contributed by atoms with Crippen LogP contribution in [0.2, 0.25) is 0 Å². The Morgan fingerprint density at radius 3 is 2.44 bits per heavy atom. The maximum Gasteiger partial charge on any atom is 0.248 e. The molecule has 18 heavy (non-hydrogen) atoms. The summed E-state index contributed by atoms with van der Waals surface area (Å²) in [5.74, 6) is -0.451. The zero-order valence-corrected chi connectivity index (χ0v) is 9.55. The van der Waals surface area contributed by atoms with E-state index in [4.69, 9.17) is 11.0 Å². The maximum atomic E-state index is 10.9. The van der Waals surface area contributed by atoms with Crippen LogP contribution in [-0.4, -0.2) is 5.91 Å². The first-order chi connectivity index (χ1) is 8.69. The molecule has 4 nitrogen and oxygen atoms in total. The van der Waals surface area contributed by atoms with E-state index < -0.39 is 5.91 Å². The molecule has 0 atom stereocenters. The van der Waals surface area contributed by atoms with E-state index in [9.17, 15) is 4.79 Å². The van der Waals surface area contributed by atoms with Gasteiger partial charge in [-0.3, -0.25) is 4.79 Å². The highest BCUT2D eigenvalue weighted by Gasteiger charge is 2.00. The average molecular weight is 237 g/mol. The largest absolute Gasteiger partial charge is 0.366 e. The molecule has 2 aromatic rings. The third kappa shape index (κ3) is 2.66. The number of anilines is 2. The van der Waals surface area contributed by atoms with Gasteiger partial charge >= 0.3 is 0 Å². The zero-order valence-electron chi connectivity index (χ0n) is 9.55. The van der Waals surface area contributed by atoms with Gasteiger partial charge in [-0.2, -0.15) is 5.26 Å². The first-order valence-electron chi connectivity index (χ1n) is 5.36. The third-order valence-electron chi connectivity index (χ3n) is 2.45. The molecule has 0 spiro atoms. The number of carbonyl (C=O) groups is 1. The molecular weight excluding hydrogens is 226 g/mol. The number of carbonyl (C=O) groups excluding carboxylic acids is 1. The number of nitrogens with two attached hydrogens (primary N) is 1. The second kappa shape index (κ2) is 5.02. The van der Waals surface area contributed by atoms with Gasteiger partial charge in [-0.25, -0.2) is 0 Å². The van der Waals surface area contributed by atoms with Crippen molar-refractivity contribution in [3.8, 4) is 6.07 Å². The highest BCUT2D eigenvalue weighted by Crippen LogP contribution is 2.17. The summed E-state index contributed by atoms with van der Waals surface area (Å²) in [6.45, 7) is 0. The van der Waals surface area contributed by atoms with E-state index in [-0.39, 0.29) is 0 Å². The summed E-state index contributed by atoms with van der Waals surface area (Å²) in [7, 11) is 0. The van der Waals surface area contributed by atoms with Crippen molar-refractivity contribution in [3.05, 3.63) is 59.7 Å². The van der Waals surface area contributed by atoms with Crippen molar-refractivity contribution in [1.82, 2.24) is 0 Å².